The van der Waals surface area contributed by atoms with Crippen molar-refractivity contribution in [1.29, 1.82) is 0 Å². The number of carbonyl (C=O) groups is 1. The molecule has 2 bridgehead atoms. The molecule has 4 aliphatic rings. The molecule has 3 nitrogen and oxygen atoms in total. The molecule has 0 amide bonds. The van der Waals surface area contributed by atoms with Crippen molar-refractivity contribution < 1.29 is 15.0 Å². The Morgan fingerprint density at radius 1 is 1.09 bits per heavy atom. The average molecular weight is 318 g/mol. The number of Topliss-reactive ketones (excluding diaryl/α,β-unsaturated/α-hetero) is 1. The number of aliphatic hydroxyl groups is 2. The van der Waals surface area contributed by atoms with Gasteiger partial charge in [0.2, 0.25) is 0 Å². The van der Waals surface area contributed by atoms with Gasteiger partial charge in [-0.05, 0) is 60.3 Å². The predicted octanol–water partition coefficient (Wildman–Crippen LogP) is 3.10. The third-order valence-electron chi connectivity index (χ3n) is 8.43. The van der Waals surface area contributed by atoms with Crippen LogP contribution in [-0.2, 0) is 4.79 Å². The summed E-state index contributed by atoms with van der Waals surface area (Å²) in [5.74, 6) is 0.333. The Bertz CT molecular complexity index is 579. The van der Waals surface area contributed by atoms with E-state index in [4.69, 9.17) is 0 Å². The van der Waals surface area contributed by atoms with Gasteiger partial charge in [-0.25, -0.2) is 0 Å². The molecule has 2 N–H and O–H groups in total. The molecular weight excluding hydrogens is 288 g/mol. The molecule has 1 spiro atoms. The molecule has 23 heavy (non-hydrogen) atoms. The molecular formula is C20H30O3. The highest BCUT2D eigenvalue weighted by atomic mass is 16.3. The van der Waals surface area contributed by atoms with Gasteiger partial charge in [0.25, 0.3) is 0 Å². The van der Waals surface area contributed by atoms with Gasteiger partial charge >= 0.3 is 0 Å². The molecule has 0 aromatic carbocycles. The molecule has 0 aliphatic heterocycles. The zero-order chi connectivity index (χ0) is 16.8. The van der Waals surface area contributed by atoms with Crippen molar-refractivity contribution >= 4 is 5.78 Å². The second kappa shape index (κ2) is 4.49. The molecule has 0 unspecified atom stereocenters. The van der Waals surface area contributed by atoms with Crippen LogP contribution in [0.1, 0.15) is 59.3 Å². The third kappa shape index (κ3) is 1.61. The van der Waals surface area contributed by atoms with E-state index < -0.39 is 17.6 Å². The minimum atomic E-state index is -0.974. The van der Waals surface area contributed by atoms with E-state index in [2.05, 4.69) is 27.4 Å². The van der Waals surface area contributed by atoms with E-state index in [0.29, 0.717) is 17.9 Å². The molecule has 3 heteroatoms. The molecule has 4 aliphatic carbocycles. The molecule has 4 fully saturated rings. The zero-order valence-corrected chi connectivity index (χ0v) is 14.6. The minimum absolute atomic E-state index is 0.0342. The summed E-state index contributed by atoms with van der Waals surface area (Å²) < 4.78 is 0. The molecule has 4 saturated carbocycles. The van der Waals surface area contributed by atoms with Crippen LogP contribution in [0, 0.1) is 34.0 Å². The van der Waals surface area contributed by atoms with Crippen LogP contribution in [0.4, 0.5) is 0 Å². The van der Waals surface area contributed by atoms with Gasteiger partial charge in [-0.15, -0.1) is 0 Å². The van der Waals surface area contributed by atoms with Gasteiger partial charge in [0, 0.05) is 5.92 Å². The SMILES string of the molecule is C=C1C(=O)[C@@]23[C@H](O)C[C@H]4C(C)(C)CCC[C@@]4(C)[C@H]2CC[C@@H]1[C@H]3O. The van der Waals surface area contributed by atoms with Gasteiger partial charge in [-0.3, -0.25) is 4.79 Å². The van der Waals surface area contributed by atoms with Crippen LogP contribution in [0.3, 0.4) is 0 Å². The predicted molar refractivity (Wildman–Crippen MR) is 88.7 cm³/mol. The van der Waals surface area contributed by atoms with E-state index in [-0.39, 0.29) is 28.4 Å². The van der Waals surface area contributed by atoms with Gasteiger partial charge in [0.1, 0.15) is 0 Å². The van der Waals surface area contributed by atoms with Crippen LogP contribution in [0.25, 0.3) is 0 Å². The molecule has 0 saturated heterocycles. The maximum Gasteiger partial charge on any atom is 0.170 e. The average Bonchev–Trinajstić information content (AvgIpc) is 2.58. The molecule has 4 rings (SSSR count). The fraction of sp³-hybridized carbons (Fsp3) is 0.850. The highest BCUT2D eigenvalue weighted by Crippen LogP contribution is 2.70. The fourth-order valence-corrected chi connectivity index (χ4v) is 7.43. The normalized spacial score (nSPS) is 54.6. The van der Waals surface area contributed by atoms with Crippen molar-refractivity contribution in [2.24, 2.45) is 34.0 Å². The standard InChI is InChI=1S/C20H30O3/c1-11-12-6-7-13-19(4)9-5-8-18(2,3)14(19)10-15(21)20(13,16(11)22)17(12)23/h12-15,17,21,23H,1,5-10H2,2-4H3/t12-,13+,14-,15+,17+,19-,20-/m0/s1. The van der Waals surface area contributed by atoms with Crippen molar-refractivity contribution in [3.63, 3.8) is 0 Å². The Morgan fingerprint density at radius 2 is 1.78 bits per heavy atom. The highest BCUT2D eigenvalue weighted by Gasteiger charge is 2.73. The maximum atomic E-state index is 13.1. The molecule has 0 radical (unpaired) electrons. The third-order valence-corrected chi connectivity index (χ3v) is 8.43. The number of aliphatic hydroxyl groups excluding tert-OH is 2. The first-order chi connectivity index (χ1) is 10.7. The minimum Gasteiger partial charge on any atom is -0.392 e. The second-order valence-corrected chi connectivity index (χ2v) is 9.62. The lowest BCUT2D eigenvalue weighted by molar-refractivity contribution is -0.225. The first kappa shape index (κ1) is 15.8. The number of fused-ring (bicyclic) bond motifs is 3. The smallest absolute Gasteiger partial charge is 0.170 e. The monoisotopic (exact) mass is 318 g/mol. The molecule has 0 aromatic heterocycles. The summed E-state index contributed by atoms with van der Waals surface area (Å²) in [5.41, 5.74) is -0.182. The van der Waals surface area contributed by atoms with E-state index in [0.717, 1.165) is 19.3 Å². The van der Waals surface area contributed by atoms with Crippen LogP contribution in [0.15, 0.2) is 12.2 Å². The summed E-state index contributed by atoms with van der Waals surface area (Å²) in [6.07, 6.45) is 4.43. The Kier molecular flexibility index (Phi) is 3.09. The number of hydrogen-bond acceptors (Lipinski definition) is 3. The topological polar surface area (TPSA) is 57.5 Å². The zero-order valence-electron chi connectivity index (χ0n) is 14.6. The van der Waals surface area contributed by atoms with Gasteiger partial charge in [0.15, 0.2) is 5.78 Å². The Hall–Kier alpha value is -0.670. The molecule has 128 valence electrons. The Labute approximate surface area is 139 Å². The van der Waals surface area contributed by atoms with Crippen molar-refractivity contribution in [3.8, 4) is 0 Å². The van der Waals surface area contributed by atoms with Crippen LogP contribution in [0.2, 0.25) is 0 Å². The molecule has 0 aromatic rings. The van der Waals surface area contributed by atoms with E-state index in [1.165, 1.54) is 12.8 Å². The number of hydrogen-bond donors (Lipinski definition) is 2. The first-order valence-electron chi connectivity index (χ1n) is 9.27. The lowest BCUT2D eigenvalue weighted by atomic mass is 9.40. The largest absolute Gasteiger partial charge is 0.392 e. The van der Waals surface area contributed by atoms with E-state index in [1.54, 1.807) is 0 Å². The van der Waals surface area contributed by atoms with E-state index in [1.807, 2.05) is 0 Å². The lowest BCUT2D eigenvalue weighted by Crippen LogP contribution is -2.66. The van der Waals surface area contributed by atoms with Crippen LogP contribution >= 0.6 is 0 Å². The molecule has 7 atom stereocenters. The maximum absolute atomic E-state index is 13.1. The number of ketones is 1. The van der Waals surface area contributed by atoms with Crippen molar-refractivity contribution in [3.05, 3.63) is 12.2 Å². The lowest BCUT2D eigenvalue weighted by Gasteiger charge is -2.65. The molecule has 0 heterocycles. The summed E-state index contributed by atoms with van der Waals surface area (Å²) in [6.45, 7) is 10.9. The van der Waals surface area contributed by atoms with Crippen LogP contribution in [0.5, 0.6) is 0 Å². The number of rotatable bonds is 0. The van der Waals surface area contributed by atoms with Gasteiger partial charge in [0.05, 0.1) is 17.6 Å². The first-order valence-corrected chi connectivity index (χ1v) is 9.27. The summed E-state index contributed by atoms with van der Waals surface area (Å²) >= 11 is 0. The Morgan fingerprint density at radius 3 is 2.48 bits per heavy atom. The van der Waals surface area contributed by atoms with Crippen molar-refractivity contribution in [2.45, 2.75) is 71.5 Å². The second-order valence-electron chi connectivity index (χ2n) is 9.62. The van der Waals surface area contributed by atoms with Crippen molar-refractivity contribution in [2.75, 3.05) is 0 Å². The summed E-state index contributed by atoms with van der Waals surface area (Å²) in [5, 5.41) is 22.1. The van der Waals surface area contributed by atoms with E-state index in [9.17, 15) is 15.0 Å². The van der Waals surface area contributed by atoms with Gasteiger partial charge < -0.3 is 10.2 Å². The highest BCUT2D eigenvalue weighted by molar-refractivity contribution is 6.04. The quantitative estimate of drug-likeness (QED) is 0.675. The van der Waals surface area contributed by atoms with E-state index >= 15 is 0 Å². The summed E-state index contributed by atoms with van der Waals surface area (Å²) in [7, 11) is 0. The van der Waals surface area contributed by atoms with Gasteiger partial charge in [-0.1, -0.05) is 33.8 Å². The summed E-state index contributed by atoms with van der Waals surface area (Å²) in [6, 6.07) is 0. The van der Waals surface area contributed by atoms with Crippen LogP contribution in [-0.4, -0.2) is 28.2 Å². The fourth-order valence-electron chi connectivity index (χ4n) is 7.43. The van der Waals surface area contributed by atoms with Crippen LogP contribution < -0.4 is 0 Å². The Balaban J connectivity index is 1.88. The van der Waals surface area contributed by atoms with Gasteiger partial charge in [-0.2, -0.15) is 0 Å². The number of carbonyl (C=O) groups excluding carboxylic acids is 1. The summed E-state index contributed by atoms with van der Waals surface area (Å²) in [4.78, 5) is 13.1. The van der Waals surface area contributed by atoms with Crippen molar-refractivity contribution in [1.82, 2.24) is 0 Å².